The fraction of sp³-hybridized carbons (Fsp3) is 0.529. The van der Waals surface area contributed by atoms with E-state index in [9.17, 15) is 9.59 Å². The third kappa shape index (κ3) is 3.03. The molecule has 4 rings (SSSR count). The largest absolute Gasteiger partial charge is 0.482 e. The van der Waals surface area contributed by atoms with Crippen molar-refractivity contribution >= 4 is 23.3 Å². The zero-order valence-electron chi connectivity index (χ0n) is 13.5. The summed E-state index contributed by atoms with van der Waals surface area (Å²) in [6.07, 6.45) is 4.69. The lowest BCUT2D eigenvalue weighted by molar-refractivity contribution is -0.118. The van der Waals surface area contributed by atoms with Crippen LogP contribution in [0.3, 0.4) is 0 Å². The molecule has 1 aromatic carbocycles. The van der Waals surface area contributed by atoms with Gasteiger partial charge >= 0.3 is 6.03 Å². The van der Waals surface area contributed by atoms with Gasteiger partial charge in [0.25, 0.3) is 5.91 Å². The summed E-state index contributed by atoms with van der Waals surface area (Å²) in [6, 6.07) is 5.74. The molecule has 2 fully saturated rings. The van der Waals surface area contributed by atoms with Gasteiger partial charge in [0.05, 0.1) is 5.69 Å². The van der Waals surface area contributed by atoms with E-state index in [-0.39, 0.29) is 24.6 Å². The molecular formula is C17H22N4O3. The van der Waals surface area contributed by atoms with Crippen LogP contribution in [0, 0.1) is 0 Å². The number of urea groups is 1. The minimum absolute atomic E-state index is 0.00222. The zero-order valence-corrected chi connectivity index (χ0v) is 13.5. The molecule has 128 valence electrons. The van der Waals surface area contributed by atoms with Crippen molar-refractivity contribution in [1.29, 1.82) is 0 Å². The van der Waals surface area contributed by atoms with Crippen molar-refractivity contribution in [1.82, 2.24) is 10.2 Å². The normalized spacial score (nSPS) is 25.9. The van der Waals surface area contributed by atoms with Crippen LogP contribution < -0.4 is 20.7 Å². The Hall–Kier alpha value is -2.28. The van der Waals surface area contributed by atoms with Crippen molar-refractivity contribution in [2.24, 2.45) is 0 Å². The molecule has 3 heterocycles. The molecule has 3 aliphatic rings. The van der Waals surface area contributed by atoms with Crippen LogP contribution in [0.15, 0.2) is 18.2 Å². The highest BCUT2D eigenvalue weighted by Gasteiger charge is 2.36. The van der Waals surface area contributed by atoms with Gasteiger partial charge in [-0.15, -0.1) is 0 Å². The quantitative estimate of drug-likeness (QED) is 0.772. The number of carbonyl (C=O) groups is 2. The number of amides is 3. The van der Waals surface area contributed by atoms with Crippen LogP contribution in [-0.4, -0.2) is 48.6 Å². The van der Waals surface area contributed by atoms with Gasteiger partial charge in [0.1, 0.15) is 5.75 Å². The van der Waals surface area contributed by atoms with Gasteiger partial charge in [0.15, 0.2) is 6.61 Å². The third-order valence-electron chi connectivity index (χ3n) is 5.04. The summed E-state index contributed by atoms with van der Waals surface area (Å²) in [5, 5.41) is 8.71. The number of hydrogen-bond donors (Lipinski definition) is 3. The first-order chi connectivity index (χ1) is 11.7. The highest BCUT2D eigenvalue weighted by atomic mass is 16.5. The van der Waals surface area contributed by atoms with E-state index in [2.05, 4.69) is 20.9 Å². The van der Waals surface area contributed by atoms with Crippen LogP contribution in [0.1, 0.15) is 25.7 Å². The van der Waals surface area contributed by atoms with E-state index in [0.29, 0.717) is 23.2 Å². The maximum Gasteiger partial charge on any atom is 0.319 e. The first-order valence-electron chi connectivity index (χ1n) is 8.57. The Balaban J connectivity index is 1.37. The Morgan fingerprint density at radius 1 is 1.25 bits per heavy atom. The van der Waals surface area contributed by atoms with Crippen molar-refractivity contribution < 1.29 is 14.3 Å². The van der Waals surface area contributed by atoms with E-state index in [1.54, 1.807) is 18.2 Å². The highest BCUT2D eigenvalue weighted by Crippen LogP contribution is 2.31. The second-order valence-electron chi connectivity index (χ2n) is 6.64. The number of rotatable bonds is 2. The van der Waals surface area contributed by atoms with E-state index in [1.807, 2.05) is 0 Å². The first-order valence-corrected chi connectivity index (χ1v) is 8.57. The minimum Gasteiger partial charge on any atom is -0.482 e. The molecule has 2 unspecified atom stereocenters. The maximum absolute atomic E-state index is 12.3. The van der Waals surface area contributed by atoms with Crippen LogP contribution in [0.5, 0.6) is 5.75 Å². The van der Waals surface area contributed by atoms with Crippen molar-refractivity contribution in [2.75, 3.05) is 30.3 Å². The molecule has 0 radical (unpaired) electrons. The Labute approximate surface area is 140 Å². The number of nitrogens with one attached hydrogen (secondary N) is 3. The minimum atomic E-state index is -0.188. The van der Waals surface area contributed by atoms with Crippen molar-refractivity contribution in [2.45, 2.75) is 37.8 Å². The first kappa shape index (κ1) is 15.3. The number of nitrogens with zero attached hydrogens (tertiary/aromatic N) is 1. The Kier molecular flexibility index (Phi) is 4.02. The lowest BCUT2D eigenvalue weighted by Gasteiger charge is -2.32. The van der Waals surface area contributed by atoms with Gasteiger partial charge < -0.3 is 20.7 Å². The molecule has 0 bridgehead atoms. The molecule has 3 amide bonds. The second kappa shape index (κ2) is 6.32. The molecule has 2 atom stereocenters. The predicted octanol–water partition coefficient (Wildman–Crippen LogP) is 1.77. The smallest absolute Gasteiger partial charge is 0.319 e. The van der Waals surface area contributed by atoms with E-state index in [1.165, 1.54) is 12.8 Å². The van der Waals surface area contributed by atoms with Crippen molar-refractivity contribution in [3.8, 4) is 5.75 Å². The number of benzene rings is 1. The summed E-state index contributed by atoms with van der Waals surface area (Å²) in [6.45, 7) is 2.22. The molecule has 0 saturated carbocycles. The van der Waals surface area contributed by atoms with E-state index in [4.69, 9.17) is 4.74 Å². The van der Waals surface area contributed by atoms with Gasteiger partial charge in [-0.1, -0.05) is 6.42 Å². The van der Waals surface area contributed by atoms with Gasteiger partial charge in [0, 0.05) is 30.4 Å². The Morgan fingerprint density at radius 2 is 2.17 bits per heavy atom. The SMILES string of the molecule is O=C1COc2cc(NC(=O)NC3CCN4CCCCC34)ccc2N1. The van der Waals surface area contributed by atoms with Crippen LogP contribution in [-0.2, 0) is 4.79 Å². The molecular weight excluding hydrogens is 308 g/mol. The fourth-order valence-electron chi connectivity index (χ4n) is 3.90. The van der Waals surface area contributed by atoms with Crippen LogP contribution in [0.4, 0.5) is 16.2 Å². The fourth-order valence-corrected chi connectivity index (χ4v) is 3.90. The van der Waals surface area contributed by atoms with E-state index < -0.39 is 0 Å². The van der Waals surface area contributed by atoms with E-state index >= 15 is 0 Å². The van der Waals surface area contributed by atoms with Crippen molar-refractivity contribution in [3.63, 3.8) is 0 Å². The number of anilines is 2. The average molecular weight is 330 g/mol. The summed E-state index contributed by atoms with van der Waals surface area (Å²) in [4.78, 5) is 26.1. The van der Waals surface area contributed by atoms with E-state index in [0.717, 1.165) is 25.9 Å². The summed E-state index contributed by atoms with van der Waals surface area (Å²) in [5.41, 5.74) is 1.28. The molecule has 3 aliphatic heterocycles. The number of fused-ring (bicyclic) bond motifs is 2. The van der Waals surface area contributed by atoms with Gasteiger partial charge in [-0.25, -0.2) is 4.79 Å². The summed E-state index contributed by atoms with van der Waals surface area (Å²) in [7, 11) is 0. The van der Waals surface area contributed by atoms with Gasteiger partial charge in [-0.2, -0.15) is 0 Å². The zero-order chi connectivity index (χ0) is 16.5. The molecule has 2 saturated heterocycles. The van der Waals surface area contributed by atoms with Gasteiger partial charge in [-0.3, -0.25) is 9.69 Å². The molecule has 7 nitrogen and oxygen atoms in total. The summed E-state index contributed by atoms with van der Waals surface area (Å²) < 4.78 is 5.37. The molecule has 0 aliphatic carbocycles. The molecule has 3 N–H and O–H groups in total. The summed E-state index contributed by atoms with van der Waals surface area (Å²) >= 11 is 0. The molecule has 0 aromatic heterocycles. The lowest BCUT2D eigenvalue weighted by atomic mass is 9.99. The molecule has 7 heteroatoms. The van der Waals surface area contributed by atoms with Crippen LogP contribution in [0.25, 0.3) is 0 Å². The van der Waals surface area contributed by atoms with Crippen molar-refractivity contribution in [3.05, 3.63) is 18.2 Å². The monoisotopic (exact) mass is 330 g/mol. The van der Waals surface area contributed by atoms with Gasteiger partial charge in [-0.05, 0) is 37.9 Å². The topological polar surface area (TPSA) is 82.7 Å². The second-order valence-corrected chi connectivity index (χ2v) is 6.64. The number of carbonyl (C=O) groups excluding carboxylic acids is 2. The number of piperidine rings is 1. The van der Waals surface area contributed by atoms with Crippen LogP contribution >= 0.6 is 0 Å². The van der Waals surface area contributed by atoms with Crippen LogP contribution in [0.2, 0.25) is 0 Å². The Bertz CT molecular complexity index is 663. The number of hydrogen-bond acceptors (Lipinski definition) is 4. The lowest BCUT2D eigenvalue weighted by Crippen LogP contribution is -2.47. The van der Waals surface area contributed by atoms with Gasteiger partial charge in [0.2, 0.25) is 0 Å². The Morgan fingerprint density at radius 3 is 3.08 bits per heavy atom. The standard InChI is InChI=1S/C17H22N4O3/c22-16-10-24-15-9-11(4-5-13(15)19-16)18-17(23)20-12-6-8-21-7-2-1-3-14(12)21/h4-5,9,12,14H,1-3,6-8,10H2,(H,19,22)(H2,18,20,23). The highest BCUT2D eigenvalue weighted by molar-refractivity contribution is 5.96. The average Bonchev–Trinajstić information content (AvgIpc) is 2.98. The molecule has 1 aromatic rings. The molecule has 0 spiro atoms. The summed E-state index contributed by atoms with van der Waals surface area (Å²) in [5.74, 6) is 0.408. The number of ether oxygens (including phenoxy) is 1. The molecule has 24 heavy (non-hydrogen) atoms. The maximum atomic E-state index is 12.3. The predicted molar refractivity (Wildman–Crippen MR) is 90.3 cm³/mol. The third-order valence-corrected chi connectivity index (χ3v) is 5.04.